The van der Waals surface area contributed by atoms with Gasteiger partial charge in [-0.25, -0.2) is 0 Å². The predicted octanol–water partition coefficient (Wildman–Crippen LogP) is 3.78. The fourth-order valence-electron chi connectivity index (χ4n) is 3.47. The third kappa shape index (κ3) is 3.76. The van der Waals surface area contributed by atoms with Crippen molar-refractivity contribution in [1.82, 2.24) is 0 Å². The third-order valence-corrected chi connectivity index (χ3v) is 4.95. The Bertz CT molecular complexity index is 421. The average molecular weight is 273 g/mol. The zero-order chi connectivity index (χ0) is 13.8. The minimum atomic E-state index is 0.667. The molecule has 2 fully saturated rings. The van der Waals surface area contributed by atoms with E-state index >= 15 is 0 Å². The van der Waals surface area contributed by atoms with Crippen LogP contribution in [-0.4, -0.2) is 13.2 Å². The summed E-state index contributed by atoms with van der Waals surface area (Å²) in [4.78, 5) is 0. The van der Waals surface area contributed by atoms with Gasteiger partial charge in [0.25, 0.3) is 0 Å². The summed E-state index contributed by atoms with van der Waals surface area (Å²) in [5.41, 5.74) is 7.30. The Morgan fingerprint density at radius 3 is 2.65 bits per heavy atom. The predicted molar refractivity (Wildman–Crippen MR) is 82.9 cm³/mol. The minimum absolute atomic E-state index is 0.667. The van der Waals surface area contributed by atoms with Crippen molar-refractivity contribution in [3.63, 3.8) is 0 Å². The number of hydrogen-bond donors (Lipinski definition) is 1. The maximum Gasteiger partial charge on any atom is 0.119 e. The number of benzene rings is 1. The van der Waals surface area contributed by atoms with Gasteiger partial charge in [-0.1, -0.05) is 25.0 Å². The van der Waals surface area contributed by atoms with Crippen molar-refractivity contribution < 1.29 is 4.74 Å². The van der Waals surface area contributed by atoms with E-state index < -0.39 is 0 Å². The zero-order valence-corrected chi connectivity index (χ0v) is 12.4. The van der Waals surface area contributed by atoms with Crippen LogP contribution < -0.4 is 10.5 Å². The maximum atomic E-state index is 5.99. The summed E-state index contributed by atoms with van der Waals surface area (Å²) in [5.74, 6) is 3.37. The summed E-state index contributed by atoms with van der Waals surface area (Å²) >= 11 is 0. The highest BCUT2D eigenvalue weighted by molar-refractivity contribution is 5.29. The van der Waals surface area contributed by atoms with Crippen LogP contribution in [0.5, 0.6) is 5.75 Å². The summed E-state index contributed by atoms with van der Waals surface area (Å²) in [6, 6.07) is 8.65. The standard InChI is InChI=1S/C18H27NO/c19-12-17(16-8-9-16)10-15-6-3-7-18(11-15)20-13-14-4-1-2-5-14/h3,6-7,11,14,16-17H,1-2,4-5,8-10,12-13,19H2. The average Bonchev–Trinajstić information content (AvgIpc) is 3.19. The van der Waals surface area contributed by atoms with E-state index in [1.807, 2.05) is 0 Å². The molecule has 20 heavy (non-hydrogen) atoms. The van der Waals surface area contributed by atoms with Crippen LogP contribution in [0.2, 0.25) is 0 Å². The van der Waals surface area contributed by atoms with Crippen LogP contribution in [-0.2, 0) is 6.42 Å². The van der Waals surface area contributed by atoms with E-state index in [2.05, 4.69) is 24.3 Å². The molecule has 3 rings (SSSR count). The molecule has 0 heterocycles. The fraction of sp³-hybridized carbons (Fsp3) is 0.667. The Morgan fingerprint density at radius 1 is 1.15 bits per heavy atom. The van der Waals surface area contributed by atoms with E-state index in [1.165, 1.54) is 44.1 Å². The lowest BCUT2D eigenvalue weighted by atomic mass is 9.95. The Balaban J connectivity index is 1.54. The van der Waals surface area contributed by atoms with Gasteiger partial charge in [0.05, 0.1) is 6.61 Å². The van der Waals surface area contributed by atoms with Gasteiger partial charge in [0.1, 0.15) is 5.75 Å². The molecule has 1 unspecified atom stereocenters. The Kier molecular flexibility index (Phi) is 4.62. The minimum Gasteiger partial charge on any atom is -0.493 e. The second kappa shape index (κ2) is 6.62. The first-order chi connectivity index (χ1) is 9.85. The highest BCUT2D eigenvalue weighted by atomic mass is 16.5. The van der Waals surface area contributed by atoms with Gasteiger partial charge in [-0.05, 0) is 74.1 Å². The van der Waals surface area contributed by atoms with Crippen LogP contribution in [0.4, 0.5) is 0 Å². The smallest absolute Gasteiger partial charge is 0.119 e. The van der Waals surface area contributed by atoms with E-state index in [0.29, 0.717) is 5.92 Å². The molecular weight excluding hydrogens is 246 g/mol. The largest absolute Gasteiger partial charge is 0.493 e. The van der Waals surface area contributed by atoms with Crippen LogP contribution in [0.15, 0.2) is 24.3 Å². The molecular formula is C18H27NO. The highest BCUT2D eigenvalue weighted by Crippen LogP contribution is 2.38. The molecule has 0 aliphatic heterocycles. The number of rotatable bonds is 7. The molecule has 110 valence electrons. The van der Waals surface area contributed by atoms with Gasteiger partial charge in [0.2, 0.25) is 0 Å². The Hall–Kier alpha value is -1.02. The molecule has 2 N–H and O–H groups in total. The van der Waals surface area contributed by atoms with Gasteiger partial charge in [-0.15, -0.1) is 0 Å². The van der Waals surface area contributed by atoms with Crippen LogP contribution in [0, 0.1) is 17.8 Å². The van der Waals surface area contributed by atoms with Gasteiger partial charge in [-0.3, -0.25) is 0 Å². The van der Waals surface area contributed by atoms with Crippen molar-refractivity contribution in [2.24, 2.45) is 23.5 Å². The van der Waals surface area contributed by atoms with Crippen LogP contribution in [0.3, 0.4) is 0 Å². The van der Waals surface area contributed by atoms with Crippen molar-refractivity contribution in [1.29, 1.82) is 0 Å². The molecule has 0 radical (unpaired) electrons. The lowest BCUT2D eigenvalue weighted by Crippen LogP contribution is -2.18. The second-order valence-electron chi connectivity index (χ2n) is 6.65. The summed E-state index contributed by atoms with van der Waals surface area (Å²) < 4.78 is 5.99. The third-order valence-electron chi connectivity index (χ3n) is 4.95. The molecule has 1 aromatic rings. The molecule has 2 heteroatoms. The number of ether oxygens (including phenoxy) is 1. The molecule has 1 atom stereocenters. The topological polar surface area (TPSA) is 35.2 Å². The summed E-state index contributed by atoms with van der Waals surface area (Å²) in [6.07, 6.45) is 9.32. The van der Waals surface area contributed by atoms with E-state index in [-0.39, 0.29) is 0 Å². The Morgan fingerprint density at radius 2 is 1.95 bits per heavy atom. The van der Waals surface area contributed by atoms with Gasteiger partial charge < -0.3 is 10.5 Å². The molecule has 2 nitrogen and oxygen atoms in total. The molecule has 2 aliphatic rings. The van der Waals surface area contributed by atoms with Crippen molar-refractivity contribution in [2.45, 2.75) is 44.9 Å². The van der Waals surface area contributed by atoms with Gasteiger partial charge in [0.15, 0.2) is 0 Å². The van der Waals surface area contributed by atoms with E-state index in [1.54, 1.807) is 0 Å². The zero-order valence-electron chi connectivity index (χ0n) is 12.4. The number of hydrogen-bond acceptors (Lipinski definition) is 2. The first-order valence-electron chi connectivity index (χ1n) is 8.27. The first kappa shape index (κ1) is 13.9. The van der Waals surface area contributed by atoms with E-state index in [9.17, 15) is 0 Å². The molecule has 0 spiro atoms. The lowest BCUT2D eigenvalue weighted by Gasteiger charge is -2.15. The van der Waals surface area contributed by atoms with Crippen molar-refractivity contribution >= 4 is 0 Å². The summed E-state index contributed by atoms with van der Waals surface area (Å²) in [5, 5.41) is 0. The number of nitrogens with two attached hydrogens (primary N) is 1. The Labute approximate surface area is 122 Å². The molecule has 1 aromatic carbocycles. The van der Waals surface area contributed by atoms with E-state index in [0.717, 1.165) is 37.2 Å². The molecule has 0 saturated heterocycles. The first-order valence-corrected chi connectivity index (χ1v) is 8.27. The molecule has 0 bridgehead atoms. The molecule has 2 saturated carbocycles. The van der Waals surface area contributed by atoms with Crippen molar-refractivity contribution in [3.05, 3.63) is 29.8 Å². The van der Waals surface area contributed by atoms with Crippen LogP contribution >= 0.6 is 0 Å². The monoisotopic (exact) mass is 273 g/mol. The quantitative estimate of drug-likeness (QED) is 0.820. The molecule has 0 amide bonds. The SMILES string of the molecule is NCC(Cc1cccc(OCC2CCCC2)c1)C1CC1. The second-order valence-corrected chi connectivity index (χ2v) is 6.65. The lowest BCUT2D eigenvalue weighted by molar-refractivity contribution is 0.252. The maximum absolute atomic E-state index is 5.99. The fourth-order valence-corrected chi connectivity index (χ4v) is 3.47. The van der Waals surface area contributed by atoms with Gasteiger partial charge in [-0.2, -0.15) is 0 Å². The molecule has 0 aromatic heterocycles. The summed E-state index contributed by atoms with van der Waals surface area (Å²) in [7, 11) is 0. The summed E-state index contributed by atoms with van der Waals surface area (Å²) in [6.45, 7) is 1.71. The van der Waals surface area contributed by atoms with Crippen molar-refractivity contribution in [2.75, 3.05) is 13.2 Å². The highest BCUT2D eigenvalue weighted by Gasteiger charge is 2.30. The van der Waals surface area contributed by atoms with Gasteiger partial charge in [0, 0.05) is 0 Å². The normalized spacial score (nSPS) is 21.1. The van der Waals surface area contributed by atoms with Crippen LogP contribution in [0.25, 0.3) is 0 Å². The molecule has 2 aliphatic carbocycles. The van der Waals surface area contributed by atoms with Crippen molar-refractivity contribution in [3.8, 4) is 5.75 Å². The van der Waals surface area contributed by atoms with Crippen LogP contribution in [0.1, 0.15) is 44.1 Å². The van der Waals surface area contributed by atoms with E-state index in [4.69, 9.17) is 10.5 Å². The van der Waals surface area contributed by atoms with Gasteiger partial charge >= 0.3 is 0 Å².